The second-order valence-corrected chi connectivity index (χ2v) is 7.11. The van der Waals surface area contributed by atoms with Gasteiger partial charge >= 0.3 is 0 Å². The molecule has 2 aromatic heterocycles. The number of rotatable bonds is 4. The normalized spacial score (nSPS) is 11.6. The van der Waals surface area contributed by atoms with E-state index in [0.29, 0.717) is 34.4 Å². The van der Waals surface area contributed by atoms with Crippen LogP contribution in [0.15, 0.2) is 30.5 Å². The number of hydrogen-bond donors (Lipinski definition) is 5. The minimum Gasteiger partial charge on any atom is -0.382 e. The smallest absolute Gasteiger partial charge is 0.224 e. The predicted molar refractivity (Wildman–Crippen MR) is 95.8 cm³/mol. The zero-order chi connectivity index (χ0) is 17.3. The van der Waals surface area contributed by atoms with Crippen molar-refractivity contribution in [1.29, 1.82) is 0 Å². The molecule has 10 heteroatoms. The van der Waals surface area contributed by atoms with Crippen molar-refractivity contribution in [1.82, 2.24) is 19.9 Å². The van der Waals surface area contributed by atoms with Gasteiger partial charge in [-0.15, -0.1) is 0 Å². The van der Waals surface area contributed by atoms with Gasteiger partial charge in [0.25, 0.3) is 0 Å². The van der Waals surface area contributed by atoms with Crippen LogP contribution >= 0.6 is 7.34 Å². The Morgan fingerprint density at radius 1 is 1.17 bits per heavy atom. The van der Waals surface area contributed by atoms with Gasteiger partial charge in [0.1, 0.15) is 7.34 Å². The zero-order valence-corrected chi connectivity index (χ0v) is 13.5. The van der Waals surface area contributed by atoms with E-state index in [9.17, 15) is 9.79 Å². The number of benzene rings is 1. The molecule has 1 aromatic carbocycles. The zero-order valence-electron chi connectivity index (χ0n) is 12.6. The van der Waals surface area contributed by atoms with Crippen molar-refractivity contribution in [3.63, 3.8) is 0 Å². The first kappa shape index (κ1) is 16.1. The van der Waals surface area contributed by atoms with Crippen LogP contribution in [0.1, 0.15) is 5.69 Å². The minimum absolute atomic E-state index is 0.0463. The summed E-state index contributed by atoms with van der Waals surface area (Å²) in [5.74, 6) is 0.214. The first-order chi connectivity index (χ1) is 11.3. The summed E-state index contributed by atoms with van der Waals surface area (Å²) in [7, 11) is -3.30. The molecule has 0 atom stereocenters. The molecule has 7 N–H and O–H groups in total. The predicted octanol–water partition coefficient (Wildman–Crippen LogP) is 0.0858. The highest BCUT2D eigenvalue weighted by Gasteiger charge is 2.10. The van der Waals surface area contributed by atoms with Crippen molar-refractivity contribution < 1.29 is 9.79 Å². The van der Waals surface area contributed by atoms with Crippen molar-refractivity contribution in [3.05, 3.63) is 36.2 Å². The van der Waals surface area contributed by atoms with Gasteiger partial charge in [-0.3, -0.25) is 0 Å². The summed E-state index contributed by atoms with van der Waals surface area (Å²) < 4.78 is 0. The molecule has 0 radical (unpaired) electrons. The summed E-state index contributed by atoms with van der Waals surface area (Å²) in [6, 6.07) is 6.76. The Hall–Kier alpha value is -2.74. The molecule has 0 aliphatic rings. The Balaban J connectivity index is 1.82. The molecule has 3 rings (SSSR count). The lowest BCUT2D eigenvalue weighted by atomic mass is 10.3. The minimum atomic E-state index is -3.30. The molecule has 0 bridgehead atoms. The van der Waals surface area contributed by atoms with E-state index in [2.05, 4.69) is 31.6 Å². The van der Waals surface area contributed by atoms with E-state index >= 15 is 0 Å². The van der Waals surface area contributed by atoms with Gasteiger partial charge in [0.05, 0.1) is 18.4 Å². The second-order valence-electron chi connectivity index (χ2n) is 5.13. The molecule has 124 valence electrons. The fraction of sp³-hybridized carbons (Fsp3) is 0.0714. The third-order valence-electron chi connectivity index (χ3n) is 3.23. The SMILES string of the molecule is C=P(O)(O)c1cccc(NCc2cnc3nc(N)nc(N)c3n2)c1. The molecule has 0 spiro atoms. The monoisotopic (exact) mass is 345 g/mol. The second kappa shape index (κ2) is 6.04. The van der Waals surface area contributed by atoms with Crippen LogP contribution < -0.4 is 22.1 Å². The summed E-state index contributed by atoms with van der Waals surface area (Å²) in [4.78, 5) is 35.6. The van der Waals surface area contributed by atoms with E-state index in [-0.39, 0.29) is 11.8 Å². The highest BCUT2D eigenvalue weighted by Crippen LogP contribution is 2.33. The van der Waals surface area contributed by atoms with Crippen molar-refractivity contribution >= 4 is 47.6 Å². The Morgan fingerprint density at radius 3 is 2.71 bits per heavy atom. The highest BCUT2D eigenvalue weighted by molar-refractivity contribution is 7.70. The molecule has 0 unspecified atom stereocenters. The largest absolute Gasteiger partial charge is 0.382 e. The van der Waals surface area contributed by atoms with Gasteiger partial charge in [0.2, 0.25) is 5.95 Å². The summed E-state index contributed by atoms with van der Waals surface area (Å²) in [6.07, 6.45) is 4.94. The van der Waals surface area contributed by atoms with Crippen LogP contribution in [-0.4, -0.2) is 36.0 Å². The van der Waals surface area contributed by atoms with Gasteiger partial charge in [0, 0.05) is 11.0 Å². The lowest BCUT2D eigenvalue weighted by Gasteiger charge is -2.12. The van der Waals surface area contributed by atoms with Gasteiger partial charge in [0.15, 0.2) is 17.0 Å². The number of nitrogens with one attached hydrogen (secondary N) is 1. The lowest BCUT2D eigenvalue weighted by Crippen LogP contribution is -2.09. The molecule has 0 amide bonds. The Kier molecular flexibility index (Phi) is 4.06. The molecule has 0 aliphatic heterocycles. The van der Waals surface area contributed by atoms with E-state index in [1.54, 1.807) is 30.5 Å². The standard InChI is InChI=1S/C14H16N7O2P/c1-24(22,23)10-4-2-3-8(5-10)17-6-9-7-18-13-11(19-9)12(15)20-14(16)21-13/h2-5,7,17,22-23H,1,6H2,(H4,15,16,18,20,21). The van der Waals surface area contributed by atoms with Crippen LogP contribution in [0.25, 0.3) is 11.2 Å². The maximum atomic E-state index is 9.64. The number of nitrogens with two attached hydrogens (primary N) is 2. The average Bonchev–Trinajstić information content (AvgIpc) is 2.52. The van der Waals surface area contributed by atoms with E-state index in [1.807, 2.05) is 0 Å². The number of aromatic nitrogens is 4. The van der Waals surface area contributed by atoms with Crippen molar-refractivity contribution in [3.8, 4) is 0 Å². The molecule has 0 saturated heterocycles. The van der Waals surface area contributed by atoms with Crippen LogP contribution in [0.5, 0.6) is 0 Å². The number of nitrogens with zero attached hydrogens (tertiary/aromatic N) is 4. The van der Waals surface area contributed by atoms with Gasteiger partial charge in [-0.1, -0.05) is 12.1 Å². The van der Waals surface area contributed by atoms with E-state index in [0.717, 1.165) is 0 Å². The van der Waals surface area contributed by atoms with Crippen LogP contribution in [0, 0.1) is 0 Å². The van der Waals surface area contributed by atoms with Crippen molar-refractivity contribution in [2.24, 2.45) is 0 Å². The number of hydrogen-bond acceptors (Lipinski definition) is 9. The molecular weight excluding hydrogens is 329 g/mol. The molecular formula is C14H16N7O2P. The molecule has 3 aromatic rings. The Labute approximate surface area is 137 Å². The highest BCUT2D eigenvalue weighted by atomic mass is 31.2. The number of fused-ring (bicyclic) bond motifs is 1. The van der Waals surface area contributed by atoms with Gasteiger partial charge in [-0.2, -0.15) is 9.97 Å². The third kappa shape index (κ3) is 3.43. The average molecular weight is 345 g/mol. The van der Waals surface area contributed by atoms with Crippen LogP contribution in [0.3, 0.4) is 0 Å². The fourth-order valence-corrected chi connectivity index (χ4v) is 2.77. The first-order valence-corrected chi connectivity index (χ1v) is 8.79. The van der Waals surface area contributed by atoms with Crippen LogP contribution in [-0.2, 0) is 6.54 Å². The van der Waals surface area contributed by atoms with E-state index in [1.165, 1.54) is 0 Å². The third-order valence-corrected chi connectivity index (χ3v) is 4.34. The molecule has 0 aliphatic carbocycles. The van der Waals surface area contributed by atoms with Gasteiger partial charge in [-0.05, 0) is 18.4 Å². The fourth-order valence-electron chi connectivity index (χ4n) is 2.10. The van der Waals surface area contributed by atoms with Crippen LogP contribution in [0.2, 0.25) is 0 Å². The molecule has 24 heavy (non-hydrogen) atoms. The molecule has 9 nitrogen and oxygen atoms in total. The molecule has 0 saturated carbocycles. The van der Waals surface area contributed by atoms with E-state index < -0.39 is 7.34 Å². The quantitative estimate of drug-likeness (QED) is 0.413. The van der Waals surface area contributed by atoms with Gasteiger partial charge < -0.3 is 26.6 Å². The van der Waals surface area contributed by atoms with Crippen molar-refractivity contribution in [2.75, 3.05) is 16.8 Å². The number of anilines is 3. The summed E-state index contributed by atoms with van der Waals surface area (Å²) in [5, 5.41) is 3.51. The summed E-state index contributed by atoms with van der Waals surface area (Å²) >= 11 is 0. The summed E-state index contributed by atoms with van der Waals surface area (Å²) in [5.41, 5.74) is 13.3. The maximum Gasteiger partial charge on any atom is 0.224 e. The first-order valence-electron chi connectivity index (χ1n) is 6.91. The molecule has 0 fully saturated rings. The van der Waals surface area contributed by atoms with E-state index in [4.69, 9.17) is 11.5 Å². The lowest BCUT2D eigenvalue weighted by molar-refractivity contribution is 0.491. The van der Waals surface area contributed by atoms with Gasteiger partial charge in [-0.25, -0.2) is 9.97 Å². The topological polar surface area (TPSA) is 156 Å². The number of nitrogen functional groups attached to an aromatic ring is 2. The Morgan fingerprint density at radius 2 is 1.96 bits per heavy atom. The van der Waals surface area contributed by atoms with Crippen LogP contribution in [0.4, 0.5) is 17.5 Å². The molecule has 2 heterocycles. The Bertz CT molecular complexity index is 957. The maximum absolute atomic E-state index is 9.64. The van der Waals surface area contributed by atoms with Crippen molar-refractivity contribution in [2.45, 2.75) is 6.54 Å². The summed E-state index contributed by atoms with van der Waals surface area (Å²) in [6.45, 7) is 0.357.